The van der Waals surface area contributed by atoms with E-state index in [0.29, 0.717) is 13.0 Å². The predicted octanol–water partition coefficient (Wildman–Crippen LogP) is 3.25. The molecule has 0 rings (SSSR count). The summed E-state index contributed by atoms with van der Waals surface area (Å²) in [7, 11) is 0. The molecule has 0 atom stereocenters. The summed E-state index contributed by atoms with van der Waals surface area (Å²) in [5.74, 6) is 2.03. The van der Waals surface area contributed by atoms with Crippen LogP contribution in [0, 0.1) is 0 Å². The number of ether oxygens (including phenoxy) is 1. The molecular formula is C11H22O2S. The van der Waals surface area contributed by atoms with Gasteiger partial charge in [0.05, 0.1) is 13.0 Å². The molecule has 0 aliphatic carbocycles. The van der Waals surface area contributed by atoms with Gasteiger partial charge in [-0.15, -0.1) is 0 Å². The SMILES string of the molecule is CCCCOC(=O)CCSCCCC. The van der Waals surface area contributed by atoms with Gasteiger partial charge < -0.3 is 4.74 Å². The molecule has 0 N–H and O–H groups in total. The third-order valence-electron chi connectivity index (χ3n) is 1.85. The van der Waals surface area contributed by atoms with Gasteiger partial charge in [-0.2, -0.15) is 11.8 Å². The molecule has 0 fully saturated rings. The van der Waals surface area contributed by atoms with E-state index in [0.717, 1.165) is 18.6 Å². The van der Waals surface area contributed by atoms with Crippen LogP contribution in [0.25, 0.3) is 0 Å². The van der Waals surface area contributed by atoms with Crippen molar-refractivity contribution in [3.63, 3.8) is 0 Å². The molecule has 0 saturated carbocycles. The summed E-state index contributed by atoms with van der Waals surface area (Å²) >= 11 is 1.84. The molecule has 2 nitrogen and oxygen atoms in total. The number of carbonyl (C=O) groups is 1. The number of thioether (sulfide) groups is 1. The van der Waals surface area contributed by atoms with Gasteiger partial charge in [-0.1, -0.05) is 26.7 Å². The van der Waals surface area contributed by atoms with Crippen molar-refractivity contribution >= 4 is 17.7 Å². The van der Waals surface area contributed by atoms with Gasteiger partial charge in [0.25, 0.3) is 0 Å². The third kappa shape index (κ3) is 9.90. The van der Waals surface area contributed by atoms with Crippen LogP contribution < -0.4 is 0 Å². The van der Waals surface area contributed by atoms with Gasteiger partial charge in [-0.05, 0) is 18.6 Å². The van der Waals surface area contributed by atoms with E-state index in [1.165, 1.54) is 18.6 Å². The van der Waals surface area contributed by atoms with Crippen LogP contribution >= 0.6 is 11.8 Å². The zero-order valence-corrected chi connectivity index (χ0v) is 10.2. The van der Waals surface area contributed by atoms with Crippen LogP contribution in [0.2, 0.25) is 0 Å². The molecule has 14 heavy (non-hydrogen) atoms. The lowest BCUT2D eigenvalue weighted by atomic mass is 10.4. The molecule has 0 unspecified atom stereocenters. The Morgan fingerprint density at radius 2 is 1.86 bits per heavy atom. The average molecular weight is 218 g/mol. The first-order valence-corrected chi connectivity index (χ1v) is 6.70. The molecule has 0 aliphatic heterocycles. The lowest BCUT2D eigenvalue weighted by Crippen LogP contribution is -2.06. The number of hydrogen-bond donors (Lipinski definition) is 0. The van der Waals surface area contributed by atoms with Gasteiger partial charge in [0.15, 0.2) is 0 Å². The van der Waals surface area contributed by atoms with Gasteiger partial charge in [0.2, 0.25) is 0 Å². The highest BCUT2D eigenvalue weighted by molar-refractivity contribution is 7.99. The van der Waals surface area contributed by atoms with Gasteiger partial charge >= 0.3 is 5.97 Å². The summed E-state index contributed by atoms with van der Waals surface area (Å²) in [5, 5.41) is 0. The highest BCUT2D eigenvalue weighted by Gasteiger charge is 2.01. The lowest BCUT2D eigenvalue weighted by molar-refractivity contribution is -0.143. The Morgan fingerprint density at radius 3 is 2.50 bits per heavy atom. The molecule has 3 heteroatoms. The standard InChI is InChI=1S/C11H22O2S/c1-3-5-8-13-11(12)7-10-14-9-6-4-2/h3-10H2,1-2H3. The summed E-state index contributed by atoms with van der Waals surface area (Å²) in [4.78, 5) is 11.1. The summed E-state index contributed by atoms with van der Waals surface area (Å²) in [5.41, 5.74) is 0. The maximum absolute atomic E-state index is 11.1. The van der Waals surface area contributed by atoms with Crippen LogP contribution in [0.1, 0.15) is 46.0 Å². The Morgan fingerprint density at radius 1 is 1.14 bits per heavy atom. The second-order valence-electron chi connectivity index (χ2n) is 3.29. The quantitative estimate of drug-likeness (QED) is 0.439. The van der Waals surface area contributed by atoms with Crippen LogP contribution in [-0.2, 0) is 9.53 Å². The zero-order chi connectivity index (χ0) is 10.6. The molecule has 0 aromatic rings. The Hall–Kier alpha value is -0.180. The first-order valence-electron chi connectivity index (χ1n) is 5.54. The van der Waals surface area contributed by atoms with Crippen LogP contribution in [0.5, 0.6) is 0 Å². The van der Waals surface area contributed by atoms with E-state index in [1.54, 1.807) is 0 Å². The number of hydrogen-bond acceptors (Lipinski definition) is 3. The highest BCUT2D eigenvalue weighted by Crippen LogP contribution is 2.06. The number of esters is 1. The van der Waals surface area contributed by atoms with Crippen LogP contribution in [0.4, 0.5) is 0 Å². The average Bonchev–Trinajstić information content (AvgIpc) is 2.18. The molecule has 0 aliphatic rings. The molecule has 0 heterocycles. The molecule has 0 aromatic carbocycles. The molecular weight excluding hydrogens is 196 g/mol. The topological polar surface area (TPSA) is 26.3 Å². The maximum atomic E-state index is 11.1. The monoisotopic (exact) mass is 218 g/mol. The molecule has 0 spiro atoms. The zero-order valence-electron chi connectivity index (χ0n) is 9.38. The van der Waals surface area contributed by atoms with Crippen molar-refractivity contribution in [1.82, 2.24) is 0 Å². The highest BCUT2D eigenvalue weighted by atomic mass is 32.2. The molecule has 0 saturated heterocycles. The van der Waals surface area contributed by atoms with E-state index >= 15 is 0 Å². The smallest absolute Gasteiger partial charge is 0.306 e. The van der Waals surface area contributed by atoms with E-state index in [9.17, 15) is 4.79 Å². The van der Waals surface area contributed by atoms with E-state index in [-0.39, 0.29) is 5.97 Å². The summed E-state index contributed by atoms with van der Waals surface area (Å²) in [6.07, 6.45) is 5.11. The van der Waals surface area contributed by atoms with Gasteiger partial charge in [0.1, 0.15) is 0 Å². The van der Waals surface area contributed by atoms with Crippen LogP contribution in [0.3, 0.4) is 0 Å². The van der Waals surface area contributed by atoms with Crippen molar-refractivity contribution in [2.45, 2.75) is 46.0 Å². The van der Waals surface area contributed by atoms with E-state index in [4.69, 9.17) is 4.74 Å². The minimum atomic E-state index is -0.0394. The Balaban J connectivity index is 3.10. The van der Waals surface area contributed by atoms with Crippen LogP contribution in [0.15, 0.2) is 0 Å². The van der Waals surface area contributed by atoms with E-state index < -0.39 is 0 Å². The molecule has 84 valence electrons. The molecule has 0 amide bonds. The fraction of sp³-hybridized carbons (Fsp3) is 0.909. The van der Waals surface area contributed by atoms with Crippen molar-refractivity contribution in [1.29, 1.82) is 0 Å². The Labute approximate surface area is 91.8 Å². The van der Waals surface area contributed by atoms with Gasteiger partial charge in [-0.25, -0.2) is 0 Å². The molecule has 0 aromatic heterocycles. The van der Waals surface area contributed by atoms with E-state index in [2.05, 4.69) is 13.8 Å². The van der Waals surface area contributed by atoms with E-state index in [1.807, 2.05) is 11.8 Å². The maximum Gasteiger partial charge on any atom is 0.306 e. The lowest BCUT2D eigenvalue weighted by Gasteiger charge is -2.03. The second kappa shape index (κ2) is 10.9. The molecule has 0 bridgehead atoms. The van der Waals surface area contributed by atoms with Crippen molar-refractivity contribution in [2.75, 3.05) is 18.1 Å². The number of carbonyl (C=O) groups excluding carboxylic acids is 1. The summed E-state index contributed by atoms with van der Waals surface area (Å²) in [6.45, 7) is 4.86. The fourth-order valence-corrected chi connectivity index (χ4v) is 1.91. The van der Waals surface area contributed by atoms with Crippen molar-refractivity contribution in [3.05, 3.63) is 0 Å². The van der Waals surface area contributed by atoms with Gasteiger partial charge in [-0.3, -0.25) is 4.79 Å². The minimum absolute atomic E-state index is 0.0394. The third-order valence-corrected chi connectivity index (χ3v) is 2.92. The Bertz CT molecular complexity index is 137. The summed E-state index contributed by atoms with van der Waals surface area (Å²) in [6, 6.07) is 0. The largest absolute Gasteiger partial charge is 0.466 e. The van der Waals surface area contributed by atoms with Crippen molar-refractivity contribution in [2.24, 2.45) is 0 Å². The first-order chi connectivity index (χ1) is 6.81. The normalized spacial score (nSPS) is 10.1. The van der Waals surface area contributed by atoms with Crippen LogP contribution in [-0.4, -0.2) is 24.1 Å². The molecule has 0 radical (unpaired) electrons. The van der Waals surface area contributed by atoms with Gasteiger partial charge in [0, 0.05) is 5.75 Å². The Kier molecular flexibility index (Phi) is 10.8. The first kappa shape index (κ1) is 13.8. The minimum Gasteiger partial charge on any atom is -0.466 e. The second-order valence-corrected chi connectivity index (χ2v) is 4.51. The van der Waals surface area contributed by atoms with Crippen molar-refractivity contribution in [3.8, 4) is 0 Å². The fourth-order valence-electron chi connectivity index (χ4n) is 0.906. The van der Waals surface area contributed by atoms with Crippen molar-refractivity contribution < 1.29 is 9.53 Å². The number of rotatable bonds is 9. The summed E-state index contributed by atoms with van der Waals surface area (Å²) < 4.78 is 5.04. The number of unbranched alkanes of at least 4 members (excludes halogenated alkanes) is 2. The predicted molar refractivity (Wildman–Crippen MR) is 62.7 cm³/mol.